The van der Waals surface area contributed by atoms with Crippen molar-refractivity contribution in [3.63, 3.8) is 0 Å². The largest absolute Gasteiger partial charge is 0.465 e. The fraction of sp³-hybridized carbons (Fsp3) is 0.571. The van der Waals surface area contributed by atoms with Gasteiger partial charge in [-0.15, -0.1) is 0 Å². The first-order valence-corrected chi connectivity index (χ1v) is 11.5. The van der Waals surface area contributed by atoms with Crippen molar-refractivity contribution in [3.8, 4) is 6.01 Å². The summed E-state index contributed by atoms with van der Waals surface area (Å²) in [5.74, 6) is 0.157. The van der Waals surface area contributed by atoms with Gasteiger partial charge < -0.3 is 19.6 Å². The lowest BCUT2D eigenvalue weighted by atomic mass is 10.1. The van der Waals surface area contributed by atoms with Gasteiger partial charge in [0, 0.05) is 24.5 Å². The van der Waals surface area contributed by atoms with Gasteiger partial charge in [0.05, 0.1) is 16.6 Å². The summed E-state index contributed by atoms with van der Waals surface area (Å²) < 4.78 is 21.2. The van der Waals surface area contributed by atoms with Crippen LogP contribution in [-0.4, -0.2) is 82.4 Å². The van der Waals surface area contributed by atoms with E-state index in [1.807, 2.05) is 0 Å². The van der Waals surface area contributed by atoms with Crippen molar-refractivity contribution in [2.45, 2.75) is 43.8 Å². The Balaban J connectivity index is 1.49. The second kappa shape index (κ2) is 8.05. The first-order chi connectivity index (χ1) is 14.9. The highest BCUT2D eigenvalue weighted by Gasteiger charge is 2.43. The van der Waals surface area contributed by atoms with E-state index in [4.69, 9.17) is 4.74 Å². The Morgan fingerprint density at radius 1 is 1.26 bits per heavy atom. The number of halogens is 2. The Labute approximate surface area is 188 Å². The normalized spacial score (nSPS) is 26.1. The fourth-order valence-corrected chi connectivity index (χ4v) is 5.48. The van der Waals surface area contributed by atoms with E-state index in [-0.39, 0.29) is 23.6 Å². The fourth-order valence-electron chi connectivity index (χ4n) is 5.16. The number of rotatable bonds is 4. The summed E-state index contributed by atoms with van der Waals surface area (Å²) in [6, 6.07) is 3.74. The SMILES string of the molecule is CN1CCCC1COc1nc(N2C[C@H]3CC[C@@H](C2)N3C(=O)O)c2ccc(Br)c(F)c2n1. The van der Waals surface area contributed by atoms with Gasteiger partial charge in [0.15, 0.2) is 5.82 Å². The maximum atomic E-state index is 15.0. The number of aromatic nitrogens is 2. The van der Waals surface area contributed by atoms with Crippen molar-refractivity contribution in [1.82, 2.24) is 19.8 Å². The molecule has 8 nitrogen and oxygen atoms in total. The maximum absolute atomic E-state index is 15.0. The van der Waals surface area contributed by atoms with Crippen LogP contribution >= 0.6 is 15.9 Å². The summed E-state index contributed by atoms with van der Waals surface area (Å²) in [5.41, 5.74) is 0.210. The third-order valence-electron chi connectivity index (χ3n) is 6.80. The zero-order valence-corrected chi connectivity index (χ0v) is 18.9. The molecule has 31 heavy (non-hydrogen) atoms. The van der Waals surface area contributed by atoms with E-state index in [2.05, 4.69) is 42.7 Å². The molecule has 0 spiro atoms. The van der Waals surface area contributed by atoms with Crippen LogP contribution in [0.1, 0.15) is 25.7 Å². The maximum Gasteiger partial charge on any atom is 0.407 e. The van der Waals surface area contributed by atoms with Crippen LogP contribution in [0, 0.1) is 5.82 Å². The number of carbonyl (C=O) groups is 1. The molecule has 1 amide bonds. The smallest absolute Gasteiger partial charge is 0.407 e. The molecule has 3 atom stereocenters. The molecule has 2 bridgehead atoms. The molecule has 3 aliphatic heterocycles. The highest BCUT2D eigenvalue weighted by molar-refractivity contribution is 9.10. The minimum atomic E-state index is -0.876. The van der Waals surface area contributed by atoms with E-state index in [0.29, 0.717) is 41.4 Å². The molecule has 5 rings (SSSR count). The molecule has 0 radical (unpaired) electrons. The molecule has 3 saturated heterocycles. The molecule has 3 fully saturated rings. The molecule has 1 unspecified atom stereocenters. The first kappa shape index (κ1) is 20.7. The summed E-state index contributed by atoms with van der Waals surface area (Å²) >= 11 is 3.25. The molecule has 0 aliphatic carbocycles. The van der Waals surface area contributed by atoms with Crippen molar-refractivity contribution in [1.29, 1.82) is 0 Å². The van der Waals surface area contributed by atoms with Gasteiger partial charge in [0.2, 0.25) is 0 Å². The third kappa shape index (κ3) is 3.69. The zero-order valence-electron chi connectivity index (χ0n) is 17.3. The predicted molar refractivity (Wildman–Crippen MR) is 117 cm³/mol. The van der Waals surface area contributed by atoms with Crippen LogP contribution in [0.3, 0.4) is 0 Å². The van der Waals surface area contributed by atoms with E-state index in [1.54, 1.807) is 17.0 Å². The number of carboxylic acid groups (broad SMARTS) is 1. The molecular formula is C21H25BrFN5O3. The molecule has 10 heteroatoms. The number of anilines is 1. The van der Waals surface area contributed by atoms with Crippen molar-refractivity contribution in [2.75, 3.05) is 38.2 Å². The van der Waals surface area contributed by atoms with Gasteiger partial charge in [-0.1, -0.05) is 0 Å². The van der Waals surface area contributed by atoms with Crippen LogP contribution in [0.25, 0.3) is 10.9 Å². The van der Waals surface area contributed by atoms with E-state index in [1.165, 1.54) is 0 Å². The van der Waals surface area contributed by atoms with Gasteiger partial charge in [0.1, 0.15) is 17.9 Å². The van der Waals surface area contributed by atoms with Crippen LogP contribution < -0.4 is 9.64 Å². The number of fused-ring (bicyclic) bond motifs is 3. The summed E-state index contributed by atoms with van der Waals surface area (Å²) in [6.07, 6.45) is 2.96. The number of likely N-dealkylation sites (N-methyl/N-ethyl adjacent to an activating group) is 1. The Morgan fingerprint density at radius 3 is 2.65 bits per heavy atom. The minimum Gasteiger partial charge on any atom is -0.465 e. The van der Waals surface area contributed by atoms with E-state index in [0.717, 1.165) is 32.2 Å². The quantitative estimate of drug-likeness (QED) is 0.699. The van der Waals surface area contributed by atoms with Crippen LogP contribution in [0.4, 0.5) is 15.0 Å². The van der Waals surface area contributed by atoms with Crippen LogP contribution in [0.15, 0.2) is 16.6 Å². The summed E-state index contributed by atoms with van der Waals surface area (Å²) in [4.78, 5) is 26.6. The number of hydrogen-bond donors (Lipinski definition) is 1. The van der Waals surface area contributed by atoms with Gasteiger partial charge >= 0.3 is 12.1 Å². The number of amides is 1. The van der Waals surface area contributed by atoms with Crippen LogP contribution in [0.2, 0.25) is 0 Å². The monoisotopic (exact) mass is 493 g/mol. The molecular weight excluding hydrogens is 469 g/mol. The zero-order chi connectivity index (χ0) is 21.7. The minimum absolute atomic E-state index is 0.0851. The molecule has 1 aromatic carbocycles. The molecule has 4 heterocycles. The predicted octanol–water partition coefficient (Wildman–Crippen LogP) is 3.34. The lowest BCUT2D eigenvalue weighted by Crippen LogP contribution is -2.55. The molecule has 2 aromatic rings. The van der Waals surface area contributed by atoms with Crippen molar-refractivity contribution < 1.29 is 19.0 Å². The number of likely N-dealkylation sites (tertiary alicyclic amines) is 1. The van der Waals surface area contributed by atoms with E-state index < -0.39 is 11.9 Å². The molecule has 1 aromatic heterocycles. The van der Waals surface area contributed by atoms with E-state index >= 15 is 0 Å². The van der Waals surface area contributed by atoms with Gasteiger partial charge in [0.25, 0.3) is 0 Å². The highest BCUT2D eigenvalue weighted by Crippen LogP contribution is 2.36. The van der Waals surface area contributed by atoms with Gasteiger partial charge in [-0.3, -0.25) is 4.90 Å². The molecule has 1 N–H and O–H groups in total. The number of ether oxygens (including phenoxy) is 1. The first-order valence-electron chi connectivity index (χ1n) is 10.7. The highest BCUT2D eigenvalue weighted by atomic mass is 79.9. The van der Waals surface area contributed by atoms with Crippen molar-refractivity contribution in [3.05, 3.63) is 22.4 Å². The Bertz CT molecular complexity index is 1010. The number of benzene rings is 1. The lowest BCUT2D eigenvalue weighted by molar-refractivity contribution is 0.114. The van der Waals surface area contributed by atoms with Crippen LogP contribution in [-0.2, 0) is 0 Å². The summed E-state index contributed by atoms with van der Waals surface area (Å²) in [5, 5.41) is 10.2. The molecule has 0 saturated carbocycles. The van der Waals surface area contributed by atoms with Crippen molar-refractivity contribution in [2.24, 2.45) is 0 Å². The third-order valence-corrected chi connectivity index (χ3v) is 7.41. The van der Waals surface area contributed by atoms with E-state index in [9.17, 15) is 14.3 Å². The number of hydrogen-bond acceptors (Lipinski definition) is 6. The standard InChI is InChI=1S/C21H25BrFN5O3/c1-26-8-2-3-14(26)11-31-20-24-18-15(6-7-16(22)17(18)23)19(25-20)27-9-12-4-5-13(10-27)28(12)21(29)30/h6-7,12-14H,2-5,8-11H2,1H3,(H,29,30)/t12-,13+,14?. The Kier molecular flexibility index (Phi) is 5.37. The average Bonchev–Trinajstić information content (AvgIpc) is 3.28. The number of piperazine rings is 1. The van der Waals surface area contributed by atoms with Crippen molar-refractivity contribution >= 4 is 38.7 Å². The second-order valence-electron chi connectivity index (χ2n) is 8.65. The number of nitrogens with zero attached hydrogens (tertiary/aromatic N) is 5. The summed E-state index contributed by atoms with van der Waals surface area (Å²) in [6.45, 7) is 2.54. The second-order valence-corrected chi connectivity index (χ2v) is 9.51. The average molecular weight is 494 g/mol. The summed E-state index contributed by atoms with van der Waals surface area (Å²) in [7, 11) is 2.07. The topological polar surface area (TPSA) is 82.0 Å². The van der Waals surface area contributed by atoms with Gasteiger partial charge in [-0.2, -0.15) is 9.97 Å². The van der Waals surface area contributed by atoms with Gasteiger partial charge in [-0.25, -0.2) is 9.18 Å². The Hall–Kier alpha value is -2.20. The van der Waals surface area contributed by atoms with Gasteiger partial charge in [-0.05, 0) is 67.3 Å². The molecule has 3 aliphatic rings. The van der Waals surface area contributed by atoms with Crippen LogP contribution in [0.5, 0.6) is 6.01 Å². The Morgan fingerprint density at radius 2 is 2.00 bits per heavy atom. The molecule has 166 valence electrons. The lowest BCUT2D eigenvalue weighted by Gasteiger charge is -2.40.